The summed E-state index contributed by atoms with van der Waals surface area (Å²) in [6.07, 6.45) is 1.76. The van der Waals surface area contributed by atoms with Gasteiger partial charge in [-0.1, -0.05) is 0 Å². The van der Waals surface area contributed by atoms with E-state index in [1.807, 2.05) is 11.9 Å². The van der Waals surface area contributed by atoms with Crippen LogP contribution in [-0.2, 0) is 0 Å². The molecular formula is C15H19BrFN5. The largest absolute Gasteiger partial charge is 0.338 e. The highest BCUT2D eigenvalue weighted by molar-refractivity contribution is 9.10. The Bertz CT molecular complexity index is 625. The molecule has 118 valence electrons. The Morgan fingerprint density at radius 1 is 1.41 bits per heavy atom. The van der Waals surface area contributed by atoms with E-state index in [9.17, 15) is 4.39 Å². The third kappa shape index (κ3) is 2.75. The maximum absolute atomic E-state index is 13.9. The molecule has 0 spiro atoms. The lowest BCUT2D eigenvalue weighted by molar-refractivity contribution is 0.258. The predicted octanol–water partition coefficient (Wildman–Crippen LogP) is 2.86. The van der Waals surface area contributed by atoms with Gasteiger partial charge < -0.3 is 10.2 Å². The molecule has 1 aromatic carbocycles. The molecule has 22 heavy (non-hydrogen) atoms. The van der Waals surface area contributed by atoms with Crippen molar-refractivity contribution in [2.45, 2.75) is 19.9 Å². The summed E-state index contributed by atoms with van der Waals surface area (Å²) in [5.74, 6) is 0.503. The molecule has 2 aliphatic rings. The van der Waals surface area contributed by atoms with Crippen molar-refractivity contribution in [3.8, 4) is 0 Å². The minimum atomic E-state index is -0.290. The van der Waals surface area contributed by atoms with E-state index >= 15 is 0 Å². The molecule has 2 heterocycles. The summed E-state index contributed by atoms with van der Waals surface area (Å²) in [5.41, 5.74) is 1.65. The first-order valence-corrected chi connectivity index (χ1v) is 8.22. The number of piperazine rings is 1. The van der Waals surface area contributed by atoms with E-state index in [1.165, 1.54) is 6.07 Å². The Kier molecular flexibility index (Phi) is 4.44. The molecule has 1 aromatic rings. The number of nitrogens with one attached hydrogen (secondary N) is 1. The molecular weight excluding hydrogens is 349 g/mol. The maximum Gasteiger partial charge on any atom is 0.223 e. The van der Waals surface area contributed by atoms with Crippen molar-refractivity contribution in [1.82, 2.24) is 15.2 Å². The highest BCUT2D eigenvalue weighted by Crippen LogP contribution is 2.38. The number of fused-ring (bicyclic) bond motifs is 1. The molecule has 1 fully saturated rings. The zero-order valence-corrected chi connectivity index (χ0v) is 14.3. The van der Waals surface area contributed by atoms with E-state index < -0.39 is 0 Å². The smallest absolute Gasteiger partial charge is 0.223 e. The molecule has 0 radical (unpaired) electrons. The van der Waals surface area contributed by atoms with Gasteiger partial charge in [0.05, 0.1) is 16.2 Å². The lowest BCUT2D eigenvalue weighted by Crippen LogP contribution is -2.52. The fraction of sp³-hybridized carbons (Fsp3) is 0.467. The molecule has 1 unspecified atom stereocenters. The zero-order chi connectivity index (χ0) is 15.7. The second kappa shape index (κ2) is 6.34. The Balaban J connectivity index is 2.07. The number of hydrogen-bond donors (Lipinski definition) is 1. The number of nitrogens with zero attached hydrogens (tertiary/aromatic N) is 4. The normalized spacial score (nSPS) is 22.0. The van der Waals surface area contributed by atoms with Crippen LogP contribution in [-0.4, -0.2) is 48.3 Å². The summed E-state index contributed by atoms with van der Waals surface area (Å²) in [7, 11) is 0. The van der Waals surface area contributed by atoms with Gasteiger partial charge >= 0.3 is 0 Å². The van der Waals surface area contributed by atoms with E-state index in [0.29, 0.717) is 10.2 Å². The Morgan fingerprint density at radius 2 is 2.14 bits per heavy atom. The van der Waals surface area contributed by atoms with Gasteiger partial charge in [-0.15, -0.1) is 0 Å². The molecule has 0 bridgehead atoms. The van der Waals surface area contributed by atoms with Gasteiger partial charge in [0.15, 0.2) is 0 Å². The van der Waals surface area contributed by atoms with Crippen LogP contribution >= 0.6 is 15.9 Å². The van der Waals surface area contributed by atoms with Crippen molar-refractivity contribution in [2.75, 3.05) is 26.2 Å². The third-order valence-electron chi connectivity index (χ3n) is 3.95. The first-order valence-electron chi connectivity index (χ1n) is 7.43. The second-order valence-corrected chi connectivity index (χ2v) is 6.22. The molecule has 0 amide bonds. The van der Waals surface area contributed by atoms with Gasteiger partial charge in [-0.05, 0) is 35.8 Å². The van der Waals surface area contributed by atoms with Crippen molar-refractivity contribution in [3.63, 3.8) is 0 Å². The van der Waals surface area contributed by atoms with Gasteiger partial charge in [-0.3, -0.25) is 0 Å². The average Bonchev–Trinajstić information content (AvgIpc) is 2.53. The van der Waals surface area contributed by atoms with Crippen molar-refractivity contribution in [2.24, 2.45) is 10.1 Å². The summed E-state index contributed by atoms with van der Waals surface area (Å²) < 4.78 is 14.3. The maximum atomic E-state index is 13.9. The number of hydrogen-bond acceptors (Lipinski definition) is 5. The molecule has 3 rings (SSSR count). The topological polar surface area (TPSA) is 43.2 Å². The SMILES string of the molecule is C/C=N\N1C(N2CCNCC2)=Nc2cc(F)c(Br)cc2C1C. The van der Waals surface area contributed by atoms with Crippen LogP contribution in [0.1, 0.15) is 25.5 Å². The summed E-state index contributed by atoms with van der Waals surface area (Å²) in [6, 6.07) is 3.29. The van der Waals surface area contributed by atoms with E-state index in [0.717, 1.165) is 37.7 Å². The second-order valence-electron chi connectivity index (χ2n) is 5.37. The number of guanidine groups is 1. The monoisotopic (exact) mass is 367 g/mol. The Hall–Kier alpha value is -1.47. The highest BCUT2D eigenvalue weighted by Gasteiger charge is 2.31. The van der Waals surface area contributed by atoms with Crippen molar-refractivity contribution >= 4 is 33.8 Å². The van der Waals surface area contributed by atoms with E-state index in [4.69, 9.17) is 0 Å². The highest BCUT2D eigenvalue weighted by atomic mass is 79.9. The van der Waals surface area contributed by atoms with Crippen LogP contribution in [0, 0.1) is 5.82 Å². The summed E-state index contributed by atoms with van der Waals surface area (Å²) in [6.45, 7) is 7.52. The van der Waals surface area contributed by atoms with Gasteiger partial charge in [-0.2, -0.15) is 5.10 Å². The van der Waals surface area contributed by atoms with E-state index in [1.54, 1.807) is 12.3 Å². The van der Waals surface area contributed by atoms with E-state index in [-0.39, 0.29) is 11.9 Å². The van der Waals surface area contributed by atoms with Crippen molar-refractivity contribution in [1.29, 1.82) is 0 Å². The van der Waals surface area contributed by atoms with Crippen LogP contribution in [0.15, 0.2) is 26.7 Å². The van der Waals surface area contributed by atoms with Crippen molar-refractivity contribution in [3.05, 3.63) is 28.0 Å². The fourth-order valence-electron chi connectivity index (χ4n) is 2.80. The number of hydrazone groups is 1. The van der Waals surface area contributed by atoms with Crippen molar-refractivity contribution < 1.29 is 4.39 Å². The quantitative estimate of drug-likeness (QED) is 0.776. The molecule has 0 saturated carbocycles. The van der Waals surface area contributed by atoms with Gasteiger partial charge in [0.2, 0.25) is 5.96 Å². The van der Waals surface area contributed by atoms with E-state index in [2.05, 4.69) is 43.2 Å². The number of rotatable bonds is 1. The number of benzene rings is 1. The molecule has 5 nitrogen and oxygen atoms in total. The predicted molar refractivity (Wildman–Crippen MR) is 90.1 cm³/mol. The lowest BCUT2D eigenvalue weighted by atomic mass is 10.0. The first-order chi connectivity index (χ1) is 10.6. The average molecular weight is 368 g/mol. The molecule has 1 atom stereocenters. The van der Waals surface area contributed by atoms with Gasteiger partial charge in [0, 0.05) is 44.0 Å². The molecule has 0 aliphatic carbocycles. The van der Waals surface area contributed by atoms with Crippen LogP contribution in [0.2, 0.25) is 0 Å². The minimum absolute atomic E-state index is 0.00508. The Labute approximate surface area is 138 Å². The van der Waals surface area contributed by atoms with Crippen LogP contribution < -0.4 is 5.32 Å². The van der Waals surface area contributed by atoms with Crippen LogP contribution in [0.5, 0.6) is 0 Å². The van der Waals surface area contributed by atoms with Gasteiger partial charge in [0.1, 0.15) is 5.82 Å². The minimum Gasteiger partial charge on any atom is -0.338 e. The lowest BCUT2D eigenvalue weighted by Gasteiger charge is -2.39. The number of halogens is 2. The third-order valence-corrected chi connectivity index (χ3v) is 4.56. The summed E-state index contributed by atoms with van der Waals surface area (Å²) >= 11 is 3.25. The zero-order valence-electron chi connectivity index (χ0n) is 12.7. The molecule has 0 aromatic heterocycles. The summed E-state index contributed by atoms with van der Waals surface area (Å²) in [5, 5.41) is 9.72. The van der Waals surface area contributed by atoms with Crippen LogP contribution in [0.4, 0.5) is 10.1 Å². The van der Waals surface area contributed by atoms with Crippen LogP contribution in [0.3, 0.4) is 0 Å². The molecule has 1 saturated heterocycles. The standard InChI is InChI=1S/C15H19BrFN5/c1-3-19-22-10(2)11-8-12(16)13(17)9-14(11)20-15(22)21-6-4-18-5-7-21/h3,8-10,18H,4-7H2,1-2H3/b19-3-. The fourth-order valence-corrected chi connectivity index (χ4v) is 3.16. The first kappa shape index (κ1) is 15.4. The summed E-state index contributed by atoms with van der Waals surface area (Å²) in [4.78, 5) is 6.88. The van der Waals surface area contributed by atoms with Crippen LogP contribution in [0.25, 0.3) is 0 Å². The molecule has 1 N–H and O–H groups in total. The van der Waals surface area contributed by atoms with Gasteiger partial charge in [-0.25, -0.2) is 14.4 Å². The molecule has 7 heteroatoms. The Morgan fingerprint density at radius 3 is 2.82 bits per heavy atom. The number of aliphatic imine (C=N–C) groups is 1. The van der Waals surface area contributed by atoms with Gasteiger partial charge in [0.25, 0.3) is 0 Å². The molecule has 2 aliphatic heterocycles.